The molecular weight excluding hydrogens is 166 g/mol. The van der Waals surface area contributed by atoms with Crippen LogP contribution in [0.1, 0.15) is 40.5 Å². The zero-order valence-corrected chi connectivity index (χ0v) is 8.85. The van der Waals surface area contributed by atoms with Crippen LogP contribution in [0.3, 0.4) is 0 Å². The second kappa shape index (κ2) is 2.98. The van der Waals surface area contributed by atoms with Crippen molar-refractivity contribution in [3.05, 3.63) is 0 Å². The fraction of sp³-hybridized carbons (Fsp3) is 0.900. The Balaban J connectivity index is 2.33. The Bertz CT molecular complexity index is 207. The lowest BCUT2D eigenvalue weighted by molar-refractivity contribution is -0.138. The van der Waals surface area contributed by atoms with Crippen molar-refractivity contribution in [1.29, 1.82) is 0 Å². The average Bonchev–Trinajstić information content (AvgIpc) is 1.80. The van der Waals surface area contributed by atoms with E-state index in [4.69, 9.17) is 0 Å². The molecule has 0 atom stereocenters. The topological polar surface area (TPSA) is 49.3 Å². The molecule has 0 aromatic heterocycles. The summed E-state index contributed by atoms with van der Waals surface area (Å²) in [6.45, 7) is 7.37. The predicted octanol–water partition coefficient (Wildman–Crippen LogP) is 1.06. The van der Waals surface area contributed by atoms with Gasteiger partial charge in [0.25, 0.3) is 5.91 Å². The van der Waals surface area contributed by atoms with Crippen molar-refractivity contribution in [2.45, 2.75) is 52.2 Å². The summed E-state index contributed by atoms with van der Waals surface area (Å²) in [5.41, 5.74) is -0.892. The molecule has 0 radical (unpaired) electrons. The van der Waals surface area contributed by atoms with Crippen LogP contribution in [0.4, 0.5) is 0 Å². The van der Waals surface area contributed by atoms with E-state index < -0.39 is 5.60 Å². The van der Waals surface area contributed by atoms with Crippen molar-refractivity contribution in [2.24, 2.45) is 5.41 Å². The minimum absolute atomic E-state index is 0.258. The van der Waals surface area contributed by atoms with Gasteiger partial charge in [0.05, 0.1) is 0 Å². The quantitative estimate of drug-likeness (QED) is 0.676. The summed E-state index contributed by atoms with van der Waals surface area (Å²) in [7, 11) is 0. The fourth-order valence-electron chi connectivity index (χ4n) is 1.74. The summed E-state index contributed by atoms with van der Waals surface area (Å²) in [6, 6.07) is 0.258. The van der Waals surface area contributed by atoms with E-state index in [1.165, 1.54) is 13.8 Å². The van der Waals surface area contributed by atoms with Crippen LogP contribution in [0.5, 0.6) is 0 Å². The van der Waals surface area contributed by atoms with E-state index in [0.29, 0.717) is 5.41 Å². The molecule has 0 aromatic carbocycles. The molecule has 1 fully saturated rings. The van der Waals surface area contributed by atoms with E-state index >= 15 is 0 Å². The van der Waals surface area contributed by atoms with Gasteiger partial charge >= 0.3 is 0 Å². The van der Waals surface area contributed by atoms with Crippen LogP contribution in [0, 0.1) is 5.41 Å². The summed E-state index contributed by atoms with van der Waals surface area (Å²) in [6.07, 6.45) is 2.02. The molecule has 0 heterocycles. The van der Waals surface area contributed by atoms with Gasteiger partial charge in [-0.15, -0.1) is 0 Å². The molecule has 0 aromatic rings. The molecule has 0 bridgehead atoms. The molecule has 0 spiro atoms. The Kier molecular flexibility index (Phi) is 2.41. The third kappa shape index (κ3) is 2.69. The summed E-state index contributed by atoms with van der Waals surface area (Å²) in [4.78, 5) is 11.3. The molecule has 0 unspecified atom stereocenters. The summed E-state index contributed by atoms with van der Waals surface area (Å²) < 4.78 is 0. The maximum absolute atomic E-state index is 11.3. The van der Waals surface area contributed by atoms with Crippen molar-refractivity contribution < 1.29 is 9.90 Å². The van der Waals surface area contributed by atoms with Crippen LogP contribution in [-0.4, -0.2) is 22.7 Å². The van der Waals surface area contributed by atoms with Crippen LogP contribution >= 0.6 is 0 Å². The summed E-state index contributed by atoms with van der Waals surface area (Å²) >= 11 is 0. The molecule has 1 aliphatic rings. The zero-order chi connectivity index (χ0) is 10.3. The van der Waals surface area contributed by atoms with Gasteiger partial charge < -0.3 is 10.4 Å². The average molecular weight is 185 g/mol. The van der Waals surface area contributed by atoms with Crippen molar-refractivity contribution in [1.82, 2.24) is 5.32 Å². The van der Waals surface area contributed by atoms with Crippen LogP contribution in [-0.2, 0) is 4.79 Å². The normalized spacial score (nSPS) is 22.2. The highest BCUT2D eigenvalue weighted by Gasteiger charge is 2.38. The standard InChI is InChI=1S/C10H19NO2/c1-9(2)5-7(6-9)11-8(12)10(3,4)13/h7,13H,5-6H2,1-4H3,(H,11,12). The van der Waals surface area contributed by atoms with E-state index in [-0.39, 0.29) is 11.9 Å². The molecule has 2 N–H and O–H groups in total. The Labute approximate surface area is 79.5 Å². The number of carbonyl (C=O) groups excluding carboxylic acids is 1. The smallest absolute Gasteiger partial charge is 0.251 e. The van der Waals surface area contributed by atoms with Crippen LogP contribution in [0.2, 0.25) is 0 Å². The Morgan fingerprint density at radius 2 is 1.92 bits per heavy atom. The molecule has 1 aliphatic carbocycles. The second-order valence-corrected chi connectivity index (χ2v) is 5.30. The first-order valence-corrected chi connectivity index (χ1v) is 4.74. The maximum atomic E-state index is 11.3. The highest BCUT2D eigenvalue weighted by atomic mass is 16.3. The van der Waals surface area contributed by atoms with Gasteiger partial charge in [0, 0.05) is 6.04 Å². The first kappa shape index (κ1) is 10.5. The lowest BCUT2D eigenvalue weighted by Gasteiger charge is -2.43. The molecule has 76 valence electrons. The molecular formula is C10H19NO2. The number of carbonyl (C=O) groups is 1. The third-order valence-electron chi connectivity index (χ3n) is 2.49. The lowest BCUT2D eigenvalue weighted by Crippen LogP contribution is -2.53. The highest BCUT2D eigenvalue weighted by Crippen LogP contribution is 2.39. The van der Waals surface area contributed by atoms with Crippen molar-refractivity contribution >= 4 is 5.91 Å². The molecule has 1 amide bonds. The first-order chi connectivity index (χ1) is 5.71. The predicted molar refractivity (Wildman–Crippen MR) is 51.2 cm³/mol. The minimum atomic E-state index is -1.25. The molecule has 3 nitrogen and oxygen atoms in total. The second-order valence-electron chi connectivity index (χ2n) is 5.30. The van der Waals surface area contributed by atoms with E-state index in [2.05, 4.69) is 19.2 Å². The summed E-state index contributed by atoms with van der Waals surface area (Å²) in [5, 5.41) is 12.2. The summed E-state index contributed by atoms with van der Waals surface area (Å²) in [5.74, 6) is -0.270. The van der Waals surface area contributed by atoms with E-state index in [9.17, 15) is 9.90 Å². The Morgan fingerprint density at radius 3 is 2.23 bits per heavy atom. The lowest BCUT2D eigenvalue weighted by atomic mass is 9.68. The third-order valence-corrected chi connectivity index (χ3v) is 2.49. The maximum Gasteiger partial charge on any atom is 0.251 e. The Morgan fingerprint density at radius 1 is 1.46 bits per heavy atom. The van der Waals surface area contributed by atoms with Crippen molar-refractivity contribution in [3.63, 3.8) is 0 Å². The van der Waals surface area contributed by atoms with Gasteiger partial charge in [0.15, 0.2) is 0 Å². The van der Waals surface area contributed by atoms with Gasteiger partial charge in [0.2, 0.25) is 0 Å². The number of rotatable bonds is 2. The molecule has 1 rings (SSSR count). The van der Waals surface area contributed by atoms with Gasteiger partial charge in [-0.1, -0.05) is 13.8 Å². The monoisotopic (exact) mass is 185 g/mol. The highest BCUT2D eigenvalue weighted by molar-refractivity contribution is 5.84. The van der Waals surface area contributed by atoms with Gasteiger partial charge in [-0.2, -0.15) is 0 Å². The number of nitrogens with one attached hydrogen (secondary N) is 1. The van der Waals surface area contributed by atoms with Crippen LogP contribution in [0.15, 0.2) is 0 Å². The van der Waals surface area contributed by atoms with Gasteiger partial charge in [0.1, 0.15) is 5.60 Å². The van der Waals surface area contributed by atoms with E-state index in [0.717, 1.165) is 12.8 Å². The van der Waals surface area contributed by atoms with Crippen LogP contribution < -0.4 is 5.32 Å². The molecule has 0 aliphatic heterocycles. The number of aliphatic hydroxyl groups is 1. The molecule has 13 heavy (non-hydrogen) atoms. The largest absolute Gasteiger partial charge is 0.381 e. The van der Waals surface area contributed by atoms with Gasteiger partial charge in [-0.05, 0) is 32.1 Å². The SMILES string of the molecule is CC1(C)CC(NC(=O)C(C)(C)O)C1. The van der Waals surface area contributed by atoms with Gasteiger partial charge in [-0.25, -0.2) is 0 Å². The Hall–Kier alpha value is -0.570. The molecule has 3 heteroatoms. The number of hydrogen-bond acceptors (Lipinski definition) is 2. The van der Waals surface area contributed by atoms with Crippen molar-refractivity contribution in [2.75, 3.05) is 0 Å². The first-order valence-electron chi connectivity index (χ1n) is 4.74. The minimum Gasteiger partial charge on any atom is -0.381 e. The van der Waals surface area contributed by atoms with Crippen molar-refractivity contribution in [3.8, 4) is 0 Å². The molecule has 1 saturated carbocycles. The molecule has 0 saturated heterocycles. The number of hydrogen-bond donors (Lipinski definition) is 2. The van der Waals surface area contributed by atoms with Gasteiger partial charge in [-0.3, -0.25) is 4.79 Å². The van der Waals surface area contributed by atoms with E-state index in [1.54, 1.807) is 0 Å². The van der Waals surface area contributed by atoms with Crippen LogP contribution in [0.25, 0.3) is 0 Å². The zero-order valence-electron chi connectivity index (χ0n) is 8.85. The number of amides is 1. The van der Waals surface area contributed by atoms with E-state index in [1.807, 2.05) is 0 Å². The fourth-order valence-corrected chi connectivity index (χ4v) is 1.74.